The van der Waals surface area contributed by atoms with E-state index in [0.717, 1.165) is 13.0 Å². The molecule has 0 aromatic carbocycles. The highest BCUT2D eigenvalue weighted by molar-refractivity contribution is 4.81. The Bertz CT molecular complexity index is 242. The second kappa shape index (κ2) is 18.2. The highest BCUT2D eigenvalue weighted by atomic mass is 16.5. The van der Waals surface area contributed by atoms with Crippen LogP contribution >= 0.6 is 0 Å². The Morgan fingerprint density at radius 3 is 2.05 bits per heavy atom. The quantitative estimate of drug-likeness (QED) is 0.281. The molecule has 2 heteroatoms. The van der Waals surface area contributed by atoms with Crippen molar-refractivity contribution in [2.75, 3.05) is 13.2 Å². The first kappa shape index (κ1) is 19.2. The molecule has 0 amide bonds. The number of nitrogens with zero attached hydrogens (tertiary/aromatic N) is 1. The van der Waals surface area contributed by atoms with Crippen LogP contribution in [0, 0.1) is 11.3 Å². The molecule has 0 saturated carbocycles. The van der Waals surface area contributed by atoms with Crippen LogP contribution < -0.4 is 0 Å². The van der Waals surface area contributed by atoms with E-state index >= 15 is 0 Å². The van der Waals surface area contributed by atoms with Gasteiger partial charge in [0.05, 0.1) is 25.7 Å². The number of hydrogen-bond acceptors (Lipinski definition) is 2. The summed E-state index contributed by atoms with van der Waals surface area (Å²) in [6.07, 6.45) is 19.7. The topological polar surface area (TPSA) is 33.0 Å². The van der Waals surface area contributed by atoms with E-state index in [-0.39, 0.29) is 0 Å². The van der Waals surface area contributed by atoms with Gasteiger partial charge < -0.3 is 4.74 Å². The van der Waals surface area contributed by atoms with E-state index in [0.29, 0.717) is 13.0 Å². The zero-order valence-electron chi connectivity index (χ0n) is 13.4. The number of nitriles is 1. The summed E-state index contributed by atoms with van der Waals surface area (Å²) in [5, 5.41) is 8.34. The van der Waals surface area contributed by atoms with Gasteiger partial charge in [-0.3, -0.25) is 0 Å². The highest BCUT2D eigenvalue weighted by Gasteiger charge is 1.91. The molecule has 0 aliphatic rings. The van der Waals surface area contributed by atoms with Crippen LogP contribution in [0.2, 0.25) is 0 Å². The van der Waals surface area contributed by atoms with Gasteiger partial charge >= 0.3 is 0 Å². The van der Waals surface area contributed by atoms with Crippen molar-refractivity contribution >= 4 is 0 Å². The first-order chi connectivity index (χ1) is 9.91. The molecular weight excluding hydrogens is 246 g/mol. The van der Waals surface area contributed by atoms with Gasteiger partial charge in [0.25, 0.3) is 0 Å². The van der Waals surface area contributed by atoms with Crippen molar-refractivity contribution in [2.24, 2.45) is 0 Å². The molecule has 116 valence electrons. The van der Waals surface area contributed by atoms with Crippen molar-refractivity contribution in [3.05, 3.63) is 12.2 Å². The molecule has 0 fully saturated rings. The number of unbranched alkanes of at least 4 members (excludes halogenated alkanes) is 9. The summed E-state index contributed by atoms with van der Waals surface area (Å²) < 4.78 is 5.30. The Morgan fingerprint density at radius 2 is 1.40 bits per heavy atom. The average Bonchev–Trinajstić information content (AvgIpc) is 2.47. The molecule has 0 spiro atoms. The monoisotopic (exact) mass is 279 g/mol. The molecule has 0 aromatic heterocycles. The Kier molecular flexibility index (Phi) is 17.5. The summed E-state index contributed by atoms with van der Waals surface area (Å²) in [4.78, 5) is 0. The SMILES string of the molecule is CCCCCCCCCCC/C=C/CCOCCC#N. The molecule has 0 aliphatic carbocycles. The molecular formula is C18H33NO. The van der Waals surface area contributed by atoms with E-state index in [1.54, 1.807) is 0 Å². The second-order valence-electron chi connectivity index (χ2n) is 5.40. The first-order valence-electron chi connectivity index (χ1n) is 8.51. The average molecular weight is 279 g/mol. The van der Waals surface area contributed by atoms with Crippen LogP contribution in [0.15, 0.2) is 12.2 Å². The van der Waals surface area contributed by atoms with Crippen LogP contribution in [-0.2, 0) is 4.74 Å². The Labute approximate surface area is 126 Å². The van der Waals surface area contributed by atoms with Gasteiger partial charge in [-0.25, -0.2) is 0 Å². The zero-order valence-corrected chi connectivity index (χ0v) is 13.4. The van der Waals surface area contributed by atoms with Gasteiger partial charge in [-0.1, -0.05) is 70.4 Å². The van der Waals surface area contributed by atoms with Gasteiger partial charge in [0.2, 0.25) is 0 Å². The third-order valence-corrected chi connectivity index (χ3v) is 3.43. The van der Waals surface area contributed by atoms with E-state index in [1.807, 2.05) is 0 Å². The van der Waals surface area contributed by atoms with Crippen LogP contribution in [0.25, 0.3) is 0 Å². The maximum Gasteiger partial charge on any atom is 0.0645 e. The lowest BCUT2D eigenvalue weighted by Gasteiger charge is -2.00. The van der Waals surface area contributed by atoms with E-state index in [2.05, 4.69) is 25.1 Å². The second-order valence-corrected chi connectivity index (χ2v) is 5.40. The fourth-order valence-electron chi connectivity index (χ4n) is 2.18. The van der Waals surface area contributed by atoms with Crippen LogP contribution in [0.3, 0.4) is 0 Å². The third kappa shape index (κ3) is 17.2. The molecule has 0 unspecified atom stereocenters. The maximum atomic E-state index is 8.34. The molecule has 0 radical (unpaired) electrons. The molecule has 20 heavy (non-hydrogen) atoms. The number of rotatable bonds is 15. The fraction of sp³-hybridized carbons (Fsp3) is 0.833. The minimum absolute atomic E-state index is 0.502. The van der Waals surface area contributed by atoms with Crippen LogP contribution in [0.1, 0.15) is 84.0 Å². The smallest absolute Gasteiger partial charge is 0.0645 e. The van der Waals surface area contributed by atoms with Crippen molar-refractivity contribution in [2.45, 2.75) is 84.0 Å². The third-order valence-electron chi connectivity index (χ3n) is 3.43. The molecule has 0 saturated heterocycles. The van der Waals surface area contributed by atoms with Crippen molar-refractivity contribution in [1.82, 2.24) is 0 Å². The van der Waals surface area contributed by atoms with Gasteiger partial charge in [-0.15, -0.1) is 0 Å². The van der Waals surface area contributed by atoms with E-state index < -0.39 is 0 Å². The van der Waals surface area contributed by atoms with E-state index in [1.165, 1.54) is 64.2 Å². The lowest BCUT2D eigenvalue weighted by Crippen LogP contribution is -1.94. The summed E-state index contributed by atoms with van der Waals surface area (Å²) in [5.74, 6) is 0. The van der Waals surface area contributed by atoms with E-state index in [4.69, 9.17) is 10.00 Å². The van der Waals surface area contributed by atoms with E-state index in [9.17, 15) is 0 Å². The summed E-state index contributed by atoms with van der Waals surface area (Å²) in [7, 11) is 0. The van der Waals surface area contributed by atoms with Gasteiger partial charge in [-0.2, -0.15) is 5.26 Å². The van der Waals surface area contributed by atoms with Gasteiger partial charge in [0.15, 0.2) is 0 Å². The number of hydrogen-bond donors (Lipinski definition) is 0. The predicted molar refractivity (Wildman–Crippen MR) is 86.7 cm³/mol. The van der Waals surface area contributed by atoms with Gasteiger partial charge in [0.1, 0.15) is 0 Å². The van der Waals surface area contributed by atoms with Crippen molar-refractivity contribution in [3.8, 4) is 6.07 Å². The normalized spacial score (nSPS) is 11.0. The summed E-state index contributed by atoms with van der Waals surface area (Å²) in [5.41, 5.74) is 0. The molecule has 0 aromatic rings. The number of allylic oxidation sites excluding steroid dienone is 1. The van der Waals surface area contributed by atoms with Crippen LogP contribution in [-0.4, -0.2) is 13.2 Å². The lowest BCUT2D eigenvalue weighted by atomic mass is 10.1. The Hall–Kier alpha value is -0.810. The minimum Gasteiger partial charge on any atom is -0.380 e. The minimum atomic E-state index is 0.502. The molecule has 0 aliphatic heterocycles. The molecule has 0 rings (SSSR count). The molecule has 0 heterocycles. The van der Waals surface area contributed by atoms with Crippen LogP contribution in [0.5, 0.6) is 0 Å². The standard InChI is InChI=1S/C18H33NO/c1-2-3-4-5-6-7-8-9-10-11-12-13-14-17-20-18-15-16-19/h12-13H,2-11,14-15,17-18H2,1H3/b13-12+. The summed E-state index contributed by atoms with van der Waals surface area (Å²) in [6, 6.07) is 2.07. The van der Waals surface area contributed by atoms with Gasteiger partial charge in [-0.05, 0) is 19.3 Å². The maximum absolute atomic E-state index is 8.34. The first-order valence-corrected chi connectivity index (χ1v) is 8.51. The predicted octanol–water partition coefficient (Wildman–Crippen LogP) is 5.78. The highest BCUT2D eigenvalue weighted by Crippen LogP contribution is 2.10. The van der Waals surface area contributed by atoms with Crippen molar-refractivity contribution < 1.29 is 4.74 Å². The fourth-order valence-corrected chi connectivity index (χ4v) is 2.18. The zero-order chi connectivity index (χ0) is 14.7. The van der Waals surface area contributed by atoms with Crippen molar-refractivity contribution in [1.29, 1.82) is 5.26 Å². The van der Waals surface area contributed by atoms with Crippen molar-refractivity contribution in [3.63, 3.8) is 0 Å². The molecule has 0 bridgehead atoms. The summed E-state index contributed by atoms with van der Waals surface area (Å²) >= 11 is 0. The van der Waals surface area contributed by atoms with Crippen LogP contribution in [0.4, 0.5) is 0 Å². The van der Waals surface area contributed by atoms with Gasteiger partial charge in [0, 0.05) is 0 Å². The summed E-state index contributed by atoms with van der Waals surface area (Å²) in [6.45, 7) is 3.59. The number of ether oxygens (including phenoxy) is 1. The Balaban J connectivity index is 3.03. The molecule has 0 N–H and O–H groups in total. The lowest BCUT2D eigenvalue weighted by molar-refractivity contribution is 0.144. The largest absolute Gasteiger partial charge is 0.380 e. The molecule has 2 nitrogen and oxygen atoms in total. The Morgan fingerprint density at radius 1 is 0.800 bits per heavy atom. The molecule has 0 atom stereocenters.